The molecule has 0 radical (unpaired) electrons. The second-order valence-electron chi connectivity index (χ2n) is 7.91. The van der Waals surface area contributed by atoms with Crippen molar-refractivity contribution in [1.82, 2.24) is 9.78 Å². The van der Waals surface area contributed by atoms with Crippen LogP contribution >= 0.6 is 23.4 Å². The van der Waals surface area contributed by atoms with Crippen LogP contribution in [0.2, 0.25) is 5.02 Å². The maximum Gasteiger partial charge on any atom is 0.287 e. The van der Waals surface area contributed by atoms with E-state index in [-0.39, 0.29) is 16.2 Å². The van der Waals surface area contributed by atoms with E-state index in [1.54, 1.807) is 6.20 Å². The maximum atomic E-state index is 12.4. The molecule has 2 heterocycles. The van der Waals surface area contributed by atoms with Gasteiger partial charge in [0.1, 0.15) is 16.4 Å². The van der Waals surface area contributed by atoms with Gasteiger partial charge >= 0.3 is 0 Å². The number of hydrogen-bond acceptors (Lipinski definition) is 4. The lowest BCUT2D eigenvalue weighted by Gasteiger charge is -2.28. The average molecular weight is 391 g/mol. The van der Waals surface area contributed by atoms with E-state index in [4.69, 9.17) is 16.3 Å². The Hall–Kier alpha value is -1.72. The van der Waals surface area contributed by atoms with Crippen LogP contribution in [0, 0.1) is 0 Å². The lowest BCUT2D eigenvalue weighted by molar-refractivity contribution is 0.159. The molecule has 4 nitrogen and oxygen atoms in total. The zero-order valence-electron chi connectivity index (χ0n) is 15.7. The first-order valence-corrected chi connectivity index (χ1v) is 9.85. The van der Waals surface area contributed by atoms with E-state index in [2.05, 4.69) is 23.3 Å². The Morgan fingerprint density at radius 1 is 1.31 bits per heavy atom. The van der Waals surface area contributed by atoms with E-state index in [1.807, 2.05) is 46.8 Å². The molecule has 6 heteroatoms. The summed E-state index contributed by atoms with van der Waals surface area (Å²) in [6, 6.07) is 6.14. The summed E-state index contributed by atoms with van der Waals surface area (Å²) in [7, 11) is 0. The molecular formula is C20H23ClN2O2S. The third-order valence-electron chi connectivity index (χ3n) is 4.03. The van der Waals surface area contributed by atoms with Crippen molar-refractivity contribution >= 4 is 29.4 Å². The van der Waals surface area contributed by atoms with Gasteiger partial charge in [-0.15, -0.1) is 11.8 Å². The number of rotatable bonds is 3. The van der Waals surface area contributed by atoms with Crippen LogP contribution in [0.25, 0.3) is 6.08 Å². The van der Waals surface area contributed by atoms with Crippen molar-refractivity contribution in [1.29, 1.82) is 0 Å². The molecule has 0 unspecified atom stereocenters. The minimum absolute atomic E-state index is 0.225. The van der Waals surface area contributed by atoms with Gasteiger partial charge in [-0.2, -0.15) is 5.10 Å². The minimum atomic E-state index is -0.400. The fourth-order valence-corrected chi connectivity index (χ4v) is 3.81. The number of fused-ring (bicyclic) bond motifs is 1. The molecule has 0 aliphatic carbocycles. The van der Waals surface area contributed by atoms with Gasteiger partial charge in [-0.05, 0) is 58.4 Å². The largest absolute Gasteiger partial charge is 0.483 e. The Balaban J connectivity index is 1.78. The molecule has 0 saturated heterocycles. The van der Waals surface area contributed by atoms with Gasteiger partial charge in [0.2, 0.25) is 0 Å². The summed E-state index contributed by atoms with van der Waals surface area (Å²) in [5, 5.41) is 4.50. The number of aromatic nitrogens is 2. The van der Waals surface area contributed by atoms with E-state index in [1.165, 1.54) is 16.4 Å². The van der Waals surface area contributed by atoms with E-state index in [0.717, 1.165) is 16.9 Å². The Morgan fingerprint density at radius 3 is 2.73 bits per heavy atom. The first kappa shape index (κ1) is 19.1. The maximum absolute atomic E-state index is 12.4. The molecule has 0 amide bonds. The number of nitrogens with zero attached hydrogens (tertiary/aromatic N) is 2. The number of thioether (sulfide) groups is 1. The summed E-state index contributed by atoms with van der Waals surface area (Å²) in [6.45, 7) is 9.84. The first-order chi connectivity index (χ1) is 12.1. The van der Waals surface area contributed by atoms with Gasteiger partial charge in [0.25, 0.3) is 5.56 Å². The van der Waals surface area contributed by atoms with Gasteiger partial charge in [-0.3, -0.25) is 4.79 Å². The van der Waals surface area contributed by atoms with Crippen LogP contribution < -0.4 is 10.3 Å². The van der Waals surface area contributed by atoms with Crippen LogP contribution in [0.5, 0.6) is 5.75 Å². The van der Waals surface area contributed by atoms with E-state index >= 15 is 0 Å². The molecule has 2 aromatic rings. The van der Waals surface area contributed by atoms with Crippen molar-refractivity contribution in [3.8, 4) is 5.75 Å². The molecule has 0 spiro atoms. The van der Waals surface area contributed by atoms with Crippen molar-refractivity contribution in [2.45, 2.75) is 56.4 Å². The number of hydrogen-bond donors (Lipinski definition) is 0. The number of ether oxygens (including phenoxy) is 1. The third-order valence-corrected chi connectivity index (χ3v) is 5.60. The lowest BCUT2D eigenvalue weighted by atomic mass is 10.0. The summed E-state index contributed by atoms with van der Waals surface area (Å²) in [6.07, 6.45) is 5.81. The van der Waals surface area contributed by atoms with Crippen LogP contribution in [0.4, 0.5) is 0 Å². The van der Waals surface area contributed by atoms with Gasteiger partial charge in [-0.25, -0.2) is 4.68 Å². The highest BCUT2D eigenvalue weighted by atomic mass is 35.5. The third kappa shape index (κ3) is 3.99. The predicted molar refractivity (Wildman–Crippen MR) is 108 cm³/mol. The second kappa shape index (κ2) is 6.78. The molecular weight excluding hydrogens is 368 g/mol. The summed E-state index contributed by atoms with van der Waals surface area (Å²) >= 11 is 7.80. The summed E-state index contributed by atoms with van der Waals surface area (Å²) in [5.41, 5.74) is 1.27. The van der Waals surface area contributed by atoms with Crippen molar-refractivity contribution in [3.63, 3.8) is 0 Å². The highest BCUT2D eigenvalue weighted by Gasteiger charge is 2.22. The molecule has 1 aromatic heterocycles. The van der Waals surface area contributed by atoms with Gasteiger partial charge in [0.05, 0.1) is 16.6 Å². The molecule has 138 valence electrons. The van der Waals surface area contributed by atoms with Crippen molar-refractivity contribution in [3.05, 3.63) is 57.0 Å². The standard InChI is InChI=1S/C20H23ClN2O2S/c1-19(2,3)23-18(24)17(21)16(11-22-23)26-12-13-6-7-15-14(10-13)8-9-20(4,5)25-15/h6-11H,12H2,1-5H3. The van der Waals surface area contributed by atoms with Crippen LogP contribution in [-0.4, -0.2) is 15.4 Å². The molecule has 1 aromatic carbocycles. The van der Waals surface area contributed by atoms with Gasteiger partial charge in [0, 0.05) is 11.3 Å². The van der Waals surface area contributed by atoms with Crippen molar-refractivity contribution in [2.24, 2.45) is 0 Å². The highest BCUT2D eigenvalue weighted by Crippen LogP contribution is 2.33. The van der Waals surface area contributed by atoms with E-state index in [0.29, 0.717) is 10.6 Å². The minimum Gasteiger partial charge on any atom is -0.483 e. The lowest BCUT2D eigenvalue weighted by Crippen LogP contribution is -2.36. The molecule has 0 fully saturated rings. The van der Waals surface area contributed by atoms with E-state index < -0.39 is 5.54 Å². The van der Waals surface area contributed by atoms with Gasteiger partial charge in [0.15, 0.2) is 0 Å². The van der Waals surface area contributed by atoms with Crippen LogP contribution in [0.3, 0.4) is 0 Å². The number of benzene rings is 1. The van der Waals surface area contributed by atoms with Gasteiger partial charge in [-0.1, -0.05) is 23.7 Å². The Kier molecular flexibility index (Phi) is 4.97. The Morgan fingerprint density at radius 2 is 2.04 bits per heavy atom. The molecule has 0 saturated carbocycles. The smallest absolute Gasteiger partial charge is 0.287 e. The molecule has 0 bridgehead atoms. The average Bonchev–Trinajstić information content (AvgIpc) is 2.54. The molecule has 1 aliphatic rings. The molecule has 3 rings (SSSR count). The highest BCUT2D eigenvalue weighted by molar-refractivity contribution is 7.98. The summed E-state index contributed by atoms with van der Waals surface area (Å²) in [4.78, 5) is 13.1. The molecule has 0 atom stereocenters. The fraction of sp³-hybridized carbons (Fsp3) is 0.400. The van der Waals surface area contributed by atoms with Crippen LogP contribution in [0.1, 0.15) is 45.7 Å². The zero-order valence-corrected chi connectivity index (χ0v) is 17.2. The SMILES string of the molecule is CC1(C)C=Cc2cc(CSc3cnn(C(C)(C)C)c(=O)c3Cl)ccc2O1. The van der Waals surface area contributed by atoms with Crippen LogP contribution in [0.15, 0.2) is 40.2 Å². The van der Waals surface area contributed by atoms with Crippen molar-refractivity contribution < 1.29 is 4.74 Å². The Bertz CT molecular complexity index is 926. The summed E-state index contributed by atoms with van der Waals surface area (Å²) < 4.78 is 7.37. The Labute approximate surface area is 163 Å². The molecule has 26 heavy (non-hydrogen) atoms. The fourth-order valence-electron chi connectivity index (χ4n) is 2.68. The van der Waals surface area contributed by atoms with Crippen molar-refractivity contribution in [2.75, 3.05) is 0 Å². The second-order valence-corrected chi connectivity index (χ2v) is 9.31. The van der Waals surface area contributed by atoms with Crippen LogP contribution in [-0.2, 0) is 11.3 Å². The molecule has 1 aliphatic heterocycles. The molecule has 0 N–H and O–H groups in total. The topological polar surface area (TPSA) is 44.1 Å². The summed E-state index contributed by atoms with van der Waals surface area (Å²) in [5.74, 6) is 1.59. The monoisotopic (exact) mass is 390 g/mol. The van der Waals surface area contributed by atoms with Gasteiger partial charge < -0.3 is 4.74 Å². The first-order valence-electron chi connectivity index (χ1n) is 8.49. The van der Waals surface area contributed by atoms with E-state index in [9.17, 15) is 4.79 Å². The predicted octanol–water partition coefficient (Wildman–Crippen LogP) is 5.13. The number of halogens is 1. The zero-order chi connectivity index (χ0) is 19.1. The quantitative estimate of drug-likeness (QED) is 0.681. The normalized spacial score (nSPS) is 15.5.